The topological polar surface area (TPSA) is 78.0 Å². The molecule has 6 nitrogen and oxygen atoms in total. The number of hydrogen-bond acceptors (Lipinski definition) is 6. The first kappa shape index (κ1) is 16.9. The highest BCUT2D eigenvalue weighted by Gasteiger charge is 2.09. The molecule has 0 aliphatic rings. The van der Waals surface area contributed by atoms with Crippen LogP contribution in [0.1, 0.15) is 11.1 Å². The van der Waals surface area contributed by atoms with Gasteiger partial charge in [-0.05, 0) is 42.0 Å². The predicted octanol–water partition coefficient (Wildman–Crippen LogP) is 3.06. The van der Waals surface area contributed by atoms with Crippen LogP contribution < -0.4 is 5.01 Å². The number of hydrogen-bond donors (Lipinski definition) is 1. The monoisotopic (exact) mass is 351 g/mol. The Morgan fingerprint density at radius 2 is 1.72 bits per heavy atom. The molecule has 7 heteroatoms. The van der Waals surface area contributed by atoms with Gasteiger partial charge in [0.05, 0.1) is 17.3 Å². The molecule has 1 aromatic heterocycles. The Bertz CT molecular complexity index is 825. The Morgan fingerprint density at radius 3 is 2.36 bits per heavy atom. The molecule has 0 atom stereocenters. The lowest BCUT2D eigenvalue weighted by Crippen LogP contribution is -2.30. The van der Waals surface area contributed by atoms with Crippen LogP contribution in [0.2, 0.25) is 0 Å². The molecule has 0 amide bonds. The highest BCUT2D eigenvalue weighted by atomic mass is 32.2. The van der Waals surface area contributed by atoms with Crippen LogP contribution in [0.25, 0.3) is 0 Å². The number of phenols is 1. The van der Waals surface area contributed by atoms with Gasteiger partial charge in [0.1, 0.15) is 18.4 Å². The summed E-state index contributed by atoms with van der Waals surface area (Å²) in [5, 5.41) is 28.1. The number of nitrogens with zero attached hydrogens (tertiary/aromatic N) is 5. The number of benzene rings is 2. The quantitative estimate of drug-likeness (QED) is 0.659. The van der Waals surface area contributed by atoms with E-state index in [1.165, 1.54) is 5.56 Å². The van der Waals surface area contributed by atoms with Crippen LogP contribution in [0.3, 0.4) is 0 Å². The van der Waals surface area contributed by atoms with Gasteiger partial charge in [-0.1, -0.05) is 12.1 Å². The van der Waals surface area contributed by atoms with Crippen molar-refractivity contribution < 1.29 is 5.11 Å². The van der Waals surface area contributed by atoms with Gasteiger partial charge in [0.2, 0.25) is 0 Å². The standard InChI is InChI=1S/C18H17N5OS/c19-11-15-1-5-17(6-2-15)23(22-13-20-21-14-22)9-10-25-12-16-3-7-18(24)8-4-16/h1-8,13-14,24H,9-10,12H2. The Morgan fingerprint density at radius 1 is 1.04 bits per heavy atom. The van der Waals surface area contributed by atoms with Crippen LogP contribution in [0.15, 0.2) is 61.2 Å². The second-order valence-corrected chi connectivity index (χ2v) is 6.45. The molecule has 0 saturated heterocycles. The van der Waals surface area contributed by atoms with E-state index >= 15 is 0 Å². The molecule has 25 heavy (non-hydrogen) atoms. The van der Waals surface area contributed by atoms with E-state index in [9.17, 15) is 5.11 Å². The highest BCUT2D eigenvalue weighted by molar-refractivity contribution is 7.98. The van der Waals surface area contributed by atoms with Crippen molar-refractivity contribution in [3.8, 4) is 11.8 Å². The summed E-state index contributed by atoms with van der Waals surface area (Å²) in [4.78, 5) is 0. The fourth-order valence-corrected chi connectivity index (χ4v) is 3.21. The van der Waals surface area contributed by atoms with Crippen molar-refractivity contribution >= 4 is 17.4 Å². The van der Waals surface area contributed by atoms with Crippen molar-refractivity contribution in [2.45, 2.75) is 5.75 Å². The zero-order valence-corrected chi connectivity index (χ0v) is 14.3. The second-order valence-electron chi connectivity index (χ2n) is 5.34. The van der Waals surface area contributed by atoms with Gasteiger partial charge in [0, 0.05) is 18.1 Å². The lowest BCUT2D eigenvalue weighted by Gasteiger charge is -2.24. The maximum Gasteiger partial charge on any atom is 0.139 e. The number of aromatic hydroxyl groups is 1. The second kappa shape index (κ2) is 8.22. The van der Waals surface area contributed by atoms with E-state index in [1.807, 2.05) is 40.7 Å². The van der Waals surface area contributed by atoms with E-state index in [4.69, 9.17) is 5.26 Å². The van der Waals surface area contributed by atoms with Gasteiger partial charge in [0.25, 0.3) is 0 Å². The van der Waals surface area contributed by atoms with Crippen molar-refractivity contribution in [1.82, 2.24) is 14.9 Å². The molecule has 1 N–H and O–H groups in total. The Labute approximate surface area is 150 Å². The summed E-state index contributed by atoms with van der Waals surface area (Å²) in [6.07, 6.45) is 3.31. The summed E-state index contributed by atoms with van der Waals surface area (Å²) in [7, 11) is 0. The summed E-state index contributed by atoms with van der Waals surface area (Å²) < 4.78 is 1.84. The number of nitriles is 1. The van der Waals surface area contributed by atoms with Crippen molar-refractivity contribution in [3.63, 3.8) is 0 Å². The smallest absolute Gasteiger partial charge is 0.139 e. The van der Waals surface area contributed by atoms with Gasteiger partial charge in [0.15, 0.2) is 0 Å². The van der Waals surface area contributed by atoms with Gasteiger partial charge in [-0.2, -0.15) is 17.0 Å². The van der Waals surface area contributed by atoms with Gasteiger partial charge in [-0.25, -0.2) is 4.68 Å². The molecule has 0 radical (unpaired) electrons. The van der Waals surface area contributed by atoms with Crippen molar-refractivity contribution in [1.29, 1.82) is 5.26 Å². The normalized spacial score (nSPS) is 10.4. The maximum absolute atomic E-state index is 9.32. The van der Waals surface area contributed by atoms with Crippen LogP contribution in [0.4, 0.5) is 5.69 Å². The third-order valence-electron chi connectivity index (χ3n) is 3.63. The molecule has 0 spiro atoms. The summed E-state index contributed by atoms with van der Waals surface area (Å²) in [6, 6.07) is 16.8. The molecular weight excluding hydrogens is 334 g/mol. The average molecular weight is 351 g/mol. The molecule has 0 fully saturated rings. The molecule has 0 unspecified atom stereocenters. The predicted molar refractivity (Wildman–Crippen MR) is 98.2 cm³/mol. The van der Waals surface area contributed by atoms with Crippen LogP contribution in [-0.2, 0) is 5.75 Å². The van der Waals surface area contributed by atoms with Crippen LogP contribution in [-0.4, -0.2) is 32.3 Å². The third kappa shape index (κ3) is 4.52. The molecule has 0 saturated carbocycles. The van der Waals surface area contributed by atoms with E-state index < -0.39 is 0 Å². The number of anilines is 1. The largest absolute Gasteiger partial charge is 0.508 e. The first-order valence-electron chi connectivity index (χ1n) is 7.74. The first-order chi connectivity index (χ1) is 12.3. The minimum atomic E-state index is 0.286. The summed E-state index contributed by atoms with van der Waals surface area (Å²) >= 11 is 1.81. The fourth-order valence-electron chi connectivity index (χ4n) is 2.34. The first-order valence-corrected chi connectivity index (χ1v) is 8.90. The Kier molecular flexibility index (Phi) is 5.54. The summed E-state index contributed by atoms with van der Waals surface area (Å²) in [5.41, 5.74) is 2.79. The lowest BCUT2D eigenvalue weighted by atomic mass is 10.2. The minimum absolute atomic E-state index is 0.286. The van der Waals surface area contributed by atoms with Crippen LogP contribution >= 0.6 is 11.8 Å². The molecule has 0 aliphatic carbocycles. The molecule has 0 aliphatic heterocycles. The minimum Gasteiger partial charge on any atom is -0.508 e. The van der Waals surface area contributed by atoms with Crippen molar-refractivity contribution in [2.75, 3.05) is 17.3 Å². The maximum atomic E-state index is 9.32. The highest BCUT2D eigenvalue weighted by Crippen LogP contribution is 2.19. The molecule has 126 valence electrons. The van der Waals surface area contributed by atoms with Crippen LogP contribution in [0.5, 0.6) is 5.75 Å². The van der Waals surface area contributed by atoms with Gasteiger partial charge >= 0.3 is 0 Å². The van der Waals surface area contributed by atoms with E-state index in [0.717, 1.165) is 23.7 Å². The van der Waals surface area contributed by atoms with E-state index in [2.05, 4.69) is 21.3 Å². The molecule has 3 rings (SSSR count). The van der Waals surface area contributed by atoms with E-state index in [-0.39, 0.29) is 5.75 Å². The Hall–Kier alpha value is -2.98. The number of phenolic OH excluding ortho intramolecular Hbond substituents is 1. The van der Waals surface area contributed by atoms with E-state index in [1.54, 1.807) is 36.9 Å². The average Bonchev–Trinajstić information content (AvgIpc) is 3.18. The SMILES string of the molecule is N#Cc1ccc(N(CCSCc2ccc(O)cc2)n2cnnc2)cc1. The van der Waals surface area contributed by atoms with Gasteiger partial charge in [-0.3, -0.25) is 5.01 Å². The third-order valence-corrected chi connectivity index (χ3v) is 4.64. The van der Waals surface area contributed by atoms with Crippen molar-refractivity contribution in [2.24, 2.45) is 0 Å². The molecule has 2 aromatic carbocycles. The lowest BCUT2D eigenvalue weighted by molar-refractivity contribution is 0.475. The van der Waals surface area contributed by atoms with Gasteiger partial charge < -0.3 is 5.11 Å². The zero-order valence-electron chi connectivity index (χ0n) is 13.5. The molecule has 1 heterocycles. The molecule has 0 bridgehead atoms. The Balaban J connectivity index is 1.62. The van der Waals surface area contributed by atoms with Crippen LogP contribution in [0, 0.1) is 11.3 Å². The van der Waals surface area contributed by atoms with Crippen molar-refractivity contribution in [3.05, 3.63) is 72.3 Å². The number of rotatable bonds is 7. The zero-order chi connectivity index (χ0) is 17.5. The summed E-state index contributed by atoms with van der Waals surface area (Å²) in [6.45, 7) is 0.771. The summed E-state index contributed by atoms with van der Waals surface area (Å²) in [5.74, 6) is 2.07. The number of aromatic nitrogens is 3. The molecule has 3 aromatic rings. The van der Waals surface area contributed by atoms with Gasteiger partial charge in [-0.15, -0.1) is 10.2 Å². The van der Waals surface area contributed by atoms with E-state index in [0.29, 0.717) is 5.56 Å². The fraction of sp³-hybridized carbons (Fsp3) is 0.167. The molecular formula is C18H17N5OS. The number of thioether (sulfide) groups is 1.